The molecule has 0 spiro atoms. The molecule has 1 atom stereocenters. The Labute approximate surface area is 195 Å². The molecule has 9 heteroatoms. The van der Waals surface area contributed by atoms with Crippen molar-refractivity contribution in [2.45, 2.75) is 19.9 Å². The number of fused-ring (bicyclic) bond motifs is 2. The summed E-state index contributed by atoms with van der Waals surface area (Å²) in [7, 11) is 0. The van der Waals surface area contributed by atoms with Crippen molar-refractivity contribution < 1.29 is 4.74 Å². The Balaban J connectivity index is 1.30. The summed E-state index contributed by atoms with van der Waals surface area (Å²) in [6.07, 6.45) is 6.78. The van der Waals surface area contributed by atoms with Crippen LogP contribution in [-0.4, -0.2) is 42.8 Å². The van der Waals surface area contributed by atoms with Crippen LogP contribution in [0.3, 0.4) is 0 Å². The fourth-order valence-electron chi connectivity index (χ4n) is 4.28. The molecule has 6 rings (SSSR count). The molecule has 1 aliphatic rings. The topological polar surface area (TPSA) is 93.5 Å². The second kappa shape index (κ2) is 8.13. The molecule has 0 bridgehead atoms. The van der Waals surface area contributed by atoms with Crippen LogP contribution in [0, 0.1) is 12.8 Å². The third kappa shape index (κ3) is 3.92. The van der Waals surface area contributed by atoms with E-state index in [1.54, 1.807) is 6.20 Å². The number of hydrogen-bond acceptors (Lipinski definition) is 6. The highest BCUT2D eigenvalue weighted by Crippen LogP contribution is 2.35. The Morgan fingerprint density at radius 3 is 2.94 bits per heavy atom. The highest BCUT2D eigenvalue weighted by atomic mass is 35.5. The van der Waals surface area contributed by atoms with Crippen LogP contribution in [0.2, 0.25) is 5.02 Å². The quantitative estimate of drug-likeness (QED) is 0.394. The predicted molar refractivity (Wildman–Crippen MR) is 128 cm³/mol. The van der Waals surface area contributed by atoms with Crippen molar-refractivity contribution >= 4 is 33.7 Å². The van der Waals surface area contributed by atoms with E-state index in [9.17, 15) is 0 Å². The number of hydrogen-bond donors (Lipinski definition) is 2. The van der Waals surface area contributed by atoms with Crippen LogP contribution in [0.1, 0.15) is 12.2 Å². The maximum Gasteiger partial charge on any atom is 0.148 e. The summed E-state index contributed by atoms with van der Waals surface area (Å²) in [4.78, 5) is 17.0. The van der Waals surface area contributed by atoms with Crippen molar-refractivity contribution in [2.24, 2.45) is 5.92 Å². The predicted octanol–water partition coefficient (Wildman–Crippen LogP) is 4.73. The number of benzene rings is 2. The molecule has 0 radical (unpaired) electrons. The summed E-state index contributed by atoms with van der Waals surface area (Å²) in [6.45, 7) is 4.93. The first-order valence-corrected chi connectivity index (χ1v) is 11.3. The number of ether oxygens (including phenoxy) is 1. The first kappa shape index (κ1) is 20.1. The zero-order valence-corrected chi connectivity index (χ0v) is 18.8. The van der Waals surface area contributed by atoms with E-state index in [1.165, 1.54) is 6.42 Å². The largest absolute Gasteiger partial charge is 0.456 e. The van der Waals surface area contributed by atoms with Gasteiger partial charge in [-0.1, -0.05) is 11.6 Å². The molecule has 8 nitrogen and oxygen atoms in total. The van der Waals surface area contributed by atoms with Gasteiger partial charge in [-0.2, -0.15) is 5.10 Å². The van der Waals surface area contributed by atoms with Crippen LogP contribution >= 0.6 is 11.6 Å². The highest BCUT2D eigenvalue weighted by molar-refractivity contribution is 6.36. The van der Waals surface area contributed by atoms with Crippen LogP contribution in [0.15, 0.2) is 48.9 Å². The third-order valence-corrected chi connectivity index (χ3v) is 6.32. The van der Waals surface area contributed by atoms with Crippen molar-refractivity contribution in [2.75, 3.05) is 13.1 Å². The molecule has 1 unspecified atom stereocenters. The Hall–Kier alpha value is -3.49. The summed E-state index contributed by atoms with van der Waals surface area (Å²) < 4.78 is 8.07. The average Bonchev–Trinajstić information content (AvgIpc) is 3.57. The number of H-pyrrole nitrogens is 1. The second-order valence-electron chi connectivity index (χ2n) is 8.41. The Bertz CT molecular complexity index is 1470. The summed E-state index contributed by atoms with van der Waals surface area (Å²) in [6, 6.07) is 9.38. The SMILES string of the molecule is Cc1nc2ccc(Oc3ccc4ncc(-c5cnn(CC6CCNC6)c5)nc4c3Cl)cc2[nH]1. The van der Waals surface area contributed by atoms with Gasteiger partial charge >= 0.3 is 0 Å². The molecule has 166 valence electrons. The van der Waals surface area contributed by atoms with Crippen LogP contribution < -0.4 is 10.1 Å². The van der Waals surface area contributed by atoms with Gasteiger partial charge in [0.15, 0.2) is 0 Å². The molecular weight excluding hydrogens is 438 g/mol. The molecule has 4 heterocycles. The monoisotopic (exact) mass is 459 g/mol. The number of imidazole rings is 1. The third-order valence-electron chi connectivity index (χ3n) is 5.95. The Kier molecular flexibility index (Phi) is 4.96. The van der Waals surface area contributed by atoms with E-state index < -0.39 is 0 Å². The van der Waals surface area contributed by atoms with Gasteiger partial charge in [0.05, 0.1) is 34.6 Å². The Morgan fingerprint density at radius 2 is 2.06 bits per heavy atom. The van der Waals surface area contributed by atoms with Crippen molar-refractivity contribution in [3.05, 3.63) is 59.8 Å². The Morgan fingerprint density at radius 1 is 1.15 bits per heavy atom. The number of aromatic amines is 1. The lowest BCUT2D eigenvalue weighted by Crippen LogP contribution is -2.14. The van der Waals surface area contributed by atoms with Crippen LogP contribution in [0.25, 0.3) is 33.3 Å². The lowest BCUT2D eigenvalue weighted by molar-refractivity contribution is 0.449. The molecule has 33 heavy (non-hydrogen) atoms. The van der Waals surface area contributed by atoms with Crippen molar-refractivity contribution in [3.8, 4) is 22.8 Å². The van der Waals surface area contributed by atoms with E-state index in [4.69, 9.17) is 21.3 Å². The van der Waals surface area contributed by atoms with E-state index in [2.05, 4.69) is 25.4 Å². The van der Waals surface area contributed by atoms with Gasteiger partial charge in [0, 0.05) is 24.4 Å². The van der Waals surface area contributed by atoms with E-state index in [0.717, 1.165) is 47.7 Å². The van der Waals surface area contributed by atoms with Gasteiger partial charge in [-0.25, -0.2) is 9.97 Å². The minimum absolute atomic E-state index is 0.423. The minimum atomic E-state index is 0.423. The van der Waals surface area contributed by atoms with E-state index in [-0.39, 0.29) is 0 Å². The summed E-state index contributed by atoms with van der Waals surface area (Å²) >= 11 is 6.72. The summed E-state index contributed by atoms with van der Waals surface area (Å²) in [5.74, 6) is 2.66. The van der Waals surface area contributed by atoms with Crippen LogP contribution in [0.5, 0.6) is 11.5 Å². The van der Waals surface area contributed by atoms with Crippen molar-refractivity contribution in [1.82, 2.24) is 35.0 Å². The molecule has 1 aliphatic heterocycles. The van der Waals surface area contributed by atoms with Gasteiger partial charge in [0.2, 0.25) is 0 Å². The smallest absolute Gasteiger partial charge is 0.148 e. The lowest BCUT2D eigenvalue weighted by Gasteiger charge is -2.10. The lowest BCUT2D eigenvalue weighted by atomic mass is 10.1. The number of aryl methyl sites for hydroxylation is 1. The molecular formula is C24H22ClN7O. The first-order chi connectivity index (χ1) is 16.1. The van der Waals surface area contributed by atoms with Gasteiger partial charge < -0.3 is 15.0 Å². The molecule has 0 amide bonds. The highest BCUT2D eigenvalue weighted by Gasteiger charge is 2.17. The zero-order valence-electron chi connectivity index (χ0n) is 18.0. The minimum Gasteiger partial charge on any atom is -0.456 e. The number of rotatable bonds is 5. The zero-order chi connectivity index (χ0) is 22.4. The van der Waals surface area contributed by atoms with Crippen molar-refractivity contribution in [3.63, 3.8) is 0 Å². The fraction of sp³-hybridized carbons (Fsp3) is 0.250. The van der Waals surface area contributed by atoms with Gasteiger partial charge in [0.25, 0.3) is 0 Å². The molecule has 0 saturated carbocycles. The van der Waals surface area contributed by atoms with Crippen LogP contribution in [-0.2, 0) is 6.54 Å². The standard InChI is InChI=1S/C24H22ClN7O/c1-14-29-18-3-2-17(8-20(18)30-14)33-22-5-4-19-24(23(22)25)31-21(11-27-19)16-10-28-32(13-16)12-15-6-7-26-9-15/h2-5,8,10-11,13,15,26H,6-7,9,12H2,1H3,(H,29,30). The van der Waals surface area contributed by atoms with Crippen molar-refractivity contribution in [1.29, 1.82) is 0 Å². The van der Waals surface area contributed by atoms with E-state index >= 15 is 0 Å². The average molecular weight is 460 g/mol. The second-order valence-corrected chi connectivity index (χ2v) is 8.79. The van der Waals surface area contributed by atoms with E-state index in [1.807, 2.05) is 54.3 Å². The molecule has 5 aromatic rings. The first-order valence-electron chi connectivity index (χ1n) is 11.0. The molecule has 2 N–H and O–H groups in total. The maximum absolute atomic E-state index is 6.72. The molecule has 2 aromatic carbocycles. The van der Waals surface area contributed by atoms with Gasteiger partial charge in [-0.3, -0.25) is 9.67 Å². The molecule has 0 aliphatic carbocycles. The normalized spacial score (nSPS) is 16.1. The molecule has 3 aromatic heterocycles. The van der Waals surface area contributed by atoms with Gasteiger partial charge in [-0.05, 0) is 56.6 Å². The number of nitrogens with zero attached hydrogens (tertiary/aromatic N) is 5. The number of nitrogens with one attached hydrogen (secondary N) is 2. The number of halogens is 1. The summed E-state index contributed by atoms with van der Waals surface area (Å²) in [5, 5.41) is 8.33. The fourth-order valence-corrected chi connectivity index (χ4v) is 4.52. The molecule has 1 fully saturated rings. The van der Waals surface area contributed by atoms with Gasteiger partial charge in [0.1, 0.15) is 27.9 Å². The summed E-state index contributed by atoms with van der Waals surface area (Å²) in [5.41, 5.74) is 4.75. The molecule has 1 saturated heterocycles. The van der Waals surface area contributed by atoms with E-state index in [0.29, 0.717) is 33.5 Å². The number of aromatic nitrogens is 6. The van der Waals surface area contributed by atoms with Gasteiger partial charge in [-0.15, -0.1) is 0 Å². The van der Waals surface area contributed by atoms with Crippen LogP contribution in [0.4, 0.5) is 0 Å². The maximum atomic E-state index is 6.72.